The number of anilines is 1. The number of nitrogens with one attached hydrogen (secondary N) is 2. The first-order valence-electron chi connectivity index (χ1n) is 9.56. The Kier molecular flexibility index (Phi) is 4.41. The van der Waals surface area contributed by atoms with E-state index in [0.717, 1.165) is 6.07 Å². The van der Waals surface area contributed by atoms with Crippen molar-refractivity contribution in [1.29, 1.82) is 5.26 Å². The van der Waals surface area contributed by atoms with Crippen LogP contribution in [0.15, 0.2) is 54.7 Å². The van der Waals surface area contributed by atoms with Crippen molar-refractivity contribution in [3.8, 4) is 17.3 Å². The molecule has 2 aromatic heterocycles. The molecule has 5 rings (SSSR count). The van der Waals surface area contributed by atoms with Crippen LogP contribution >= 0.6 is 0 Å². The largest absolute Gasteiger partial charge is 0.322 e. The van der Waals surface area contributed by atoms with Crippen LogP contribution < -0.4 is 5.32 Å². The van der Waals surface area contributed by atoms with Gasteiger partial charge in [0.1, 0.15) is 22.9 Å². The molecule has 2 N–H and O–H groups in total. The van der Waals surface area contributed by atoms with Gasteiger partial charge >= 0.3 is 0 Å². The van der Waals surface area contributed by atoms with Crippen LogP contribution in [0.4, 0.5) is 14.5 Å². The lowest BCUT2D eigenvalue weighted by atomic mass is 10.0. The number of rotatable bonds is 3. The van der Waals surface area contributed by atoms with Gasteiger partial charge in [0.25, 0.3) is 5.91 Å². The van der Waals surface area contributed by atoms with Crippen LogP contribution in [0.25, 0.3) is 33.1 Å². The molecule has 0 radical (unpaired) electrons. The van der Waals surface area contributed by atoms with Crippen molar-refractivity contribution in [2.24, 2.45) is 7.05 Å². The third-order valence-electron chi connectivity index (χ3n) is 5.29. The molecular weight excluding hydrogens is 414 g/mol. The summed E-state index contributed by atoms with van der Waals surface area (Å²) in [7, 11) is 1.56. The van der Waals surface area contributed by atoms with E-state index in [0.29, 0.717) is 33.4 Å². The minimum Gasteiger partial charge on any atom is -0.322 e. The molecule has 0 aliphatic carbocycles. The number of benzene rings is 3. The fraction of sp³-hybridized carbons (Fsp3) is 0.0435. The van der Waals surface area contributed by atoms with E-state index in [9.17, 15) is 18.8 Å². The number of fused-ring (bicyclic) bond motifs is 2. The molecule has 0 atom stereocenters. The maximum Gasteiger partial charge on any atom is 0.261 e. The first-order chi connectivity index (χ1) is 15.5. The minimum atomic E-state index is -0.982. The zero-order valence-corrected chi connectivity index (χ0v) is 16.6. The third kappa shape index (κ3) is 2.97. The number of nitriles is 1. The summed E-state index contributed by atoms with van der Waals surface area (Å²) in [6, 6.07) is 15.1. The van der Waals surface area contributed by atoms with Crippen LogP contribution in [0.5, 0.6) is 0 Å². The molecule has 0 aliphatic rings. The quantitative estimate of drug-likeness (QED) is 0.441. The summed E-state index contributed by atoms with van der Waals surface area (Å²) in [4.78, 5) is 12.8. The first-order valence-corrected chi connectivity index (χ1v) is 9.56. The zero-order valence-electron chi connectivity index (χ0n) is 16.6. The second-order valence-electron chi connectivity index (χ2n) is 7.19. The lowest BCUT2D eigenvalue weighted by Crippen LogP contribution is -2.16. The number of halogens is 2. The predicted molar refractivity (Wildman–Crippen MR) is 115 cm³/mol. The summed E-state index contributed by atoms with van der Waals surface area (Å²) in [5.74, 6) is -2.88. The second-order valence-corrected chi connectivity index (χ2v) is 7.19. The highest BCUT2D eigenvalue weighted by molar-refractivity contribution is 6.08. The smallest absolute Gasteiger partial charge is 0.261 e. The van der Waals surface area contributed by atoms with Crippen molar-refractivity contribution in [3.05, 3.63) is 77.5 Å². The fourth-order valence-corrected chi connectivity index (χ4v) is 3.70. The Bertz CT molecular complexity index is 1580. The molecule has 0 bridgehead atoms. The van der Waals surface area contributed by atoms with E-state index in [1.807, 2.05) is 0 Å². The number of carbonyl (C=O) groups is 1. The predicted octanol–water partition coefficient (Wildman–Crippen LogP) is 4.52. The number of amides is 1. The maximum absolute atomic E-state index is 14.9. The average Bonchev–Trinajstić information content (AvgIpc) is 3.37. The molecule has 3 aromatic carbocycles. The van der Waals surface area contributed by atoms with Crippen LogP contribution in [0.3, 0.4) is 0 Å². The standard InChI is InChI=1S/C23H14F2N6O/c1-31-19-9-17(24)20(21(25)16(19)11-27-31)23(32)28-13-6-7-18-15(8-13)22(30-29-18)14-5-3-2-4-12(14)10-26/h2-9,11H,1H3,(H,28,32)(H,29,30). The number of carbonyl (C=O) groups excluding carboxylic acids is 1. The van der Waals surface area contributed by atoms with Crippen molar-refractivity contribution in [2.75, 3.05) is 5.32 Å². The number of aromatic amines is 1. The van der Waals surface area contributed by atoms with E-state index in [1.165, 1.54) is 10.9 Å². The molecule has 0 fully saturated rings. The van der Waals surface area contributed by atoms with Crippen LogP contribution in [-0.2, 0) is 7.05 Å². The Labute approximate surface area is 179 Å². The van der Waals surface area contributed by atoms with Crippen LogP contribution in [-0.4, -0.2) is 25.9 Å². The van der Waals surface area contributed by atoms with Gasteiger partial charge in [-0.2, -0.15) is 15.5 Å². The Morgan fingerprint density at radius 1 is 1.16 bits per heavy atom. The molecule has 0 spiro atoms. The number of nitrogens with zero attached hydrogens (tertiary/aromatic N) is 4. The van der Waals surface area contributed by atoms with Crippen molar-refractivity contribution in [2.45, 2.75) is 0 Å². The number of aromatic nitrogens is 4. The molecular formula is C23H14F2N6O. The second kappa shape index (κ2) is 7.28. The van der Waals surface area contributed by atoms with Crippen molar-refractivity contribution < 1.29 is 13.6 Å². The van der Waals surface area contributed by atoms with Gasteiger partial charge in [0.05, 0.1) is 34.2 Å². The van der Waals surface area contributed by atoms with E-state index in [4.69, 9.17) is 0 Å². The Morgan fingerprint density at radius 2 is 1.97 bits per heavy atom. The zero-order chi connectivity index (χ0) is 22.4. The van der Waals surface area contributed by atoms with Gasteiger partial charge in [-0.05, 0) is 24.3 Å². The van der Waals surface area contributed by atoms with Gasteiger partial charge in [0.2, 0.25) is 0 Å². The topological polar surface area (TPSA) is 99.4 Å². The summed E-state index contributed by atoms with van der Waals surface area (Å²) in [6.07, 6.45) is 1.25. The molecule has 9 heteroatoms. The van der Waals surface area contributed by atoms with E-state index >= 15 is 0 Å². The van der Waals surface area contributed by atoms with Gasteiger partial charge in [-0.3, -0.25) is 14.6 Å². The molecule has 0 aliphatic heterocycles. The van der Waals surface area contributed by atoms with E-state index < -0.39 is 23.1 Å². The Morgan fingerprint density at radius 3 is 2.78 bits per heavy atom. The highest BCUT2D eigenvalue weighted by Gasteiger charge is 2.22. The highest BCUT2D eigenvalue weighted by Crippen LogP contribution is 2.31. The van der Waals surface area contributed by atoms with Gasteiger partial charge in [0.15, 0.2) is 0 Å². The summed E-state index contributed by atoms with van der Waals surface area (Å²) in [5.41, 5.74) is 2.17. The van der Waals surface area contributed by atoms with Crippen LogP contribution in [0.2, 0.25) is 0 Å². The number of hydrogen-bond donors (Lipinski definition) is 2. The molecule has 0 unspecified atom stereocenters. The molecule has 0 saturated carbocycles. The van der Waals surface area contributed by atoms with Gasteiger partial charge in [-0.25, -0.2) is 8.78 Å². The third-order valence-corrected chi connectivity index (χ3v) is 5.29. The molecule has 5 aromatic rings. The Balaban J connectivity index is 1.55. The lowest BCUT2D eigenvalue weighted by Gasteiger charge is -2.09. The minimum absolute atomic E-state index is 0.0553. The van der Waals surface area contributed by atoms with E-state index in [2.05, 4.69) is 26.7 Å². The van der Waals surface area contributed by atoms with Crippen molar-refractivity contribution >= 4 is 33.4 Å². The lowest BCUT2D eigenvalue weighted by molar-refractivity contribution is 0.101. The molecule has 156 valence electrons. The van der Waals surface area contributed by atoms with Crippen molar-refractivity contribution in [3.63, 3.8) is 0 Å². The molecule has 7 nitrogen and oxygen atoms in total. The fourth-order valence-electron chi connectivity index (χ4n) is 3.70. The number of aryl methyl sites for hydroxylation is 1. The number of hydrogen-bond acceptors (Lipinski definition) is 4. The normalized spacial score (nSPS) is 11.1. The molecule has 0 saturated heterocycles. The van der Waals surface area contributed by atoms with Crippen LogP contribution in [0, 0.1) is 23.0 Å². The van der Waals surface area contributed by atoms with Crippen molar-refractivity contribution in [1.82, 2.24) is 20.0 Å². The van der Waals surface area contributed by atoms with E-state index in [1.54, 1.807) is 49.5 Å². The SMILES string of the molecule is Cn1ncc2c(F)c(C(=O)Nc3ccc4[nH]nc(-c5ccccc5C#N)c4c3)c(F)cc21. The average molecular weight is 428 g/mol. The van der Waals surface area contributed by atoms with Gasteiger partial charge in [-0.1, -0.05) is 18.2 Å². The molecule has 32 heavy (non-hydrogen) atoms. The Hall–Kier alpha value is -4.58. The maximum atomic E-state index is 14.9. The molecule has 1 amide bonds. The summed E-state index contributed by atoms with van der Waals surface area (Å²) in [6.45, 7) is 0. The molecule has 2 heterocycles. The van der Waals surface area contributed by atoms with E-state index in [-0.39, 0.29) is 10.9 Å². The number of H-pyrrole nitrogens is 1. The van der Waals surface area contributed by atoms with Gasteiger partial charge < -0.3 is 5.32 Å². The monoisotopic (exact) mass is 428 g/mol. The highest BCUT2D eigenvalue weighted by atomic mass is 19.1. The van der Waals surface area contributed by atoms with Gasteiger partial charge in [-0.15, -0.1) is 0 Å². The van der Waals surface area contributed by atoms with Gasteiger partial charge in [0, 0.05) is 29.8 Å². The first kappa shape index (κ1) is 19.4. The van der Waals surface area contributed by atoms with Crippen LogP contribution in [0.1, 0.15) is 15.9 Å². The summed E-state index contributed by atoms with van der Waals surface area (Å²) < 4.78 is 30.8. The summed E-state index contributed by atoms with van der Waals surface area (Å²) >= 11 is 0. The summed E-state index contributed by atoms with van der Waals surface area (Å²) in [5, 5.41) is 23.7.